The van der Waals surface area contributed by atoms with Gasteiger partial charge in [-0.25, -0.2) is 4.79 Å². The van der Waals surface area contributed by atoms with Gasteiger partial charge in [-0.15, -0.1) is 0 Å². The summed E-state index contributed by atoms with van der Waals surface area (Å²) < 4.78 is 13.3. The van der Waals surface area contributed by atoms with Crippen molar-refractivity contribution >= 4 is 21.9 Å². The summed E-state index contributed by atoms with van der Waals surface area (Å²) >= 11 is 3.53. The summed E-state index contributed by atoms with van der Waals surface area (Å²) in [6, 6.07) is 6.86. The lowest BCUT2D eigenvalue weighted by atomic mass is 10.2. The van der Waals surface area contributed by atoms with Crippen LogP contribution in [0.4, 0.5) is 0 Å². The lowest BCUT2D eigenvalue weighted by molar-refractivity contribution is 0.0600. The first-order valence-electron chi connectivity index (χ1n) is 6.59. The van der Waals surface area contributed by atoms with Crippen molar-refractivity contribution in [3.63, 3.8) is 0 Å². The van der Waals surface area contributed by atoms with E-state index in [-0.39, 0.29) is 5.97 Å². The molecule has 1 aromatic heterocycles. The highest BCUT2D eigenvalue weighted by Gasteiger charge is 2.12. The predicted octanol–water partition coefficient (Wildman–Crippen LogP) is 3.34. The van der Waals surface area contributed by atoms with Crippen LogP contribution in [0.2, 0.25) is 0 Å². The number of benzene rings is 1. The fourth-order valence-electron chi connectivity index (χ4n) is 1.96. The van der Waals surface area contributed by atoms with Crippen LogP contribution in [0.1, 0.15) is 28.7 Å². The van der Waals surface area contributed by atoms with E-state index in [0.717, 1.165) is 22.4 Å². The predicted molar refractivity (Wildman–Crippen MR) is 82.5 cm³/mol. The number of aromatic nitrogens is 2. The molecule has 0 saturated heterocycles. The third kappa shape index (κ3) is 3.44. The normalized spacial score (nSPS) is 10.5. The minimum absolute atomic E-state index is 0.357. The zero-order valence-electron chi connectivity index (χ0n) is 12.2. The molecule has 6 heteroatoms. The zero-order chi connectivity index (χ0) is 15.4. The van der Waals surface area contributed by atoms with E-state index < -0.39 is 0 Å². The summed E-state index contributed by atoms with van der Waals surface area (Å²) in [5.41, 5.74) is 2.43. The molecule has 0 radical (unpaired) electrons. The van der Waals surface area contributed by atoms with Crippen LogP contribution >= 0.6 is 15.9 Å². The Bertz CT molecular complexity index is 635. The smallest absolute Gasteiger partial charge is 0.337 e. The molecule has 0 aliphatic carbocycles. The van der Waals surface area contributed by atoms with Gasteiger partial charge < -0.3 is 9.47 Å². The van der Waals surface area contributed by atoms with Crippen molar-refractivity contribution in [3.8, 4) is 5.75 Å². The number of nitrogens with zero attached hydrogens (tertiary/aromatic N) is 2. The number of esters is 1. The second-order valence-corrected chi connectivity index (χ2v) is 5.26. The molecular weight excluding hydrogens is 336 g/mol. The Hall–Kier alpha value is -1.82. The molecule has 2 rings (SSSR count). The first kappa shape index (κ1) is 15.6. The van der Waals surface area contributed by atoms with E-state index in [1.165, 1.54) is 7.11 Å². The maximum absolute atomic E-state index is 11.4. The summed E-state index contributed by atoms with van der Waals surface area (Å²) in [5, 5.41) is 4.42. The van der Waals surface area contributed by atoms with Crippen molar-refractivity contribution in [3.05, 3.63) is 45.7 Å². The first-order valence-corrected chi connectivity index (χ1v) is 7.39. The van der Waals surface area contributed by atoms with Crippen LogP contribution in [0.25, 0.3) is 0 Å². The average Bonchev–Trinajstić information content (AvgIpc) is 2.79. The fourth-order valence-corrected chi connectivity index (χ4v) is 2.36. The summed E-state index contributed by atoms with van der Waals surface area (Å²) in [7, 11) is 1.36. The molecule has 2 aromatic rings. The van der Waals surface area contributed by atoms with Gasteiger partial charge in [-0.05, 0) is 54.0 Å². The molecule has 0 aliphatic heterocycles. The summed E-state index contributed by atoms with van der Waals surface area (Å²) in [6.07, 6.45) is 0. The minimum atomic E-state index is -0.357. The molecule has 5 nitrogen and oxygen atoms in total. The van der Waals surface area contributed by atoms with Crippen molar-refractivity contribution in [1.82, 2.24) is 9.78 Å². The zero-order valence-corrected chi connectivity index (χ0v) is 13.8. The van der Waals surface area contributed by atoms with E-state index >= 15 is 0 Å². The van der Waals surface area contributed by atoms with Crippen LogP contribution in [0.3, 0.4) is 0 Å². The van der Waals surface area contributed by atoms with E-state index in [1.807, 2.05) is 18.5 Å². The van der Waals surface area contributed by atoms with Crippen LogP contribution in [-0.2, 0) is 17.9 Å². The second kappa shape index (κ2) is 6.76. The Morgan fingerprint density at radius 2 is 2.00 bits per heavy atom. The molecule has 112 valence electrons. The topological polar surface area (TPSA) is 53.4 Å². The molecule has 0 bridgehead atoms. The van der Waals surface area contributed by atoms with Gasteiger partial charge in [0.25, 0.3) is 0 Å². The van der Waals surface area contributed by atoms with Crippen molar-refractivity contribution in [2.45, 2.75) is 27.0 Å². The third-order valence-corrected chi connectivity index (χ3v) is 4.14. The maximum atomic E-state index is 11.4. The fraction of sp³-hybridized carbons (Fsp3) is 0.333. The summed E-state index contributed by atoms with van der Waals surface area (Å²) in [4.78, 5) is 11.4. The van der Waals surface area contributed by atoms with Crippen LogP contribution in [-0.4, -0.2) is 22.9 Å². The maximum Gasteiger partial charge on any atom is 0.337 e. The Balaban J connectivity index is 2.08. The van der Waals surface area contributed by atoms with Crippen LogP contribution in [0, 0.1) is 6.92 Å². The molecule has 0 spiro atoms. The Labute approximate surface area is 132 Å². The molecule has 0 N–H and O–H groups in total. The van der Waals surface area contributed by atoms with Gasteiger partial charge in [0.15, 0.2) is 0 Å². The Kier molecular flexibility index (Phi) is 5.01. The van der Waals surface area contributed by atoms with E-state index in [0.29, 0.717) is 17.9 Å². The molecule has 0 saturated carbocycles. The lowest BCUT2D eigenvalue weighted by Gasteiger charge is -2.09. The molecule has 1 heterocycles. The van der Waals surface area contributed by atoms with Crippen LogP contribution < -0.4 is 4.74 Å². The summed E-state index contributed by atoms with van der Waals surface area (Å²) in [6.45, 7) is 5.18. The van der Waals surface area contributed by atoms with E-state index in [9.17, 15) is 4.79 Å². The van der Waals surface area contributed by atoms with Crippen LogP contribution in [0.5, 0.6) is 5.75 Å². The molecular formula is C15H17BrN2O3. The molecule has 0 unspecified atom stereocenters. The number of ether oxygens (including phenoxy) is 2. The minimum Gasteiger partial charge on any atom is -0.487 e. The van der Waals surface area contributed by atoms with Gasteiger partial charge in [0, 0.05) is 6.54 Å². The average molecular weight is 353 g/mol. The molecule has 0 atom stereocenters. The first-order chi connectivity index (χ1) is 10.1. The largest absolute Gasteiger partial charge is 0.487 e. The highest BCUT2D eigenvalue weighted by atomic mass is 79.9. The number of methoxy groups -OCH3 is 1. The van der Waals surface area contributed by atoms with Crippen molar-refractivity contribution in [2.24, 2.45) is 0 Å². The van der Waals surface area contributed by atoms with Crippen molar-refractivity contribution < 1.29 is 14.3 Å². The van der Waals surface area contributed by atoms with Gasteiger partial charge in [0.1, 0.15) is 12.4 Å². The van der Waals surface area contributed by atoms with Crippen LogP contribution in [0.15, 0.2) is 28.7 Å². The monoisotopic (exact) mass is 352 g/mol. The summed E-state index contributed by atoms with van der Waals surface area (Å²) in [5.74, 6) is 0.333. The quantitative estimate of drug-likeness (QED) is 0.774. The van der Waals surface area contributed by atoms with Gasteiger partial charge in [0.05, 0.1) is 28.5 Å². The number of hydrogen-bond donors (Lipinski definition) is 0. The molecule has 1 aromatic carbocycles. The van der Waals surface area contributed by atoms with Crippen molar-refractivity contribution in [2.75, 3.05) is 7.11 Å². The number of carbonyl (C=O) groups excluding carboxylic acids is 1. The van der Waals surface area contributed by atoms with E-state index in [4.69, 9.17) is 4.74 Å². The van der Waals surface area contributed by atoms with E-state index in [2.05, 4.69) is 25.8 Å². The SMILES string of the molecule is CCn1nc(C)c(Br)c1COc1ccc(C(=O)OC)cc1. The standard InChI is InChI=1S/C15H17BrN2O3/c1-4-18-13(14(16)10(2)17-18)9-21-12-7-5-11(6-8-12)15(19)20-3/h5-8H,4,9H2,1-3H3. The number of carbonyl (C=O) groups is 1. The highest BCUT2D eigenvalue weighted by molar-refractivity contribution is 9.10. The van der Waals surface area contributed by atoms with E-state index in [1.54, 1.807) is 24.3 Å². The van der Waals surface area contributed by atoms with Gasteiger partial charge in [-0.3, -0.25) is 4.68 Å². The molecule has 0 fully saturated rings. The van der Waals surface area contributed by atoms with Crippen molar-refractivity contribution in [1.29, 1.82) is 0 Å². The lowest BCUT2D eigenvalue weighted by Crippen LogP contribution is -2.07. The molecule has 0 amide bonds. The Morgan fingerprint density at radius 3 is 2.57 bits per heavy atom. The molecule has 21 heavy (non-hydrogen) atoms. The second-order valence-electron chi connectivity index (χ2n) is 4.47. The van der Waals surface area contributed by atoms with Gasteiger partial charge in [-0.1, -0.05) is 0 Å². The van der Waals surface area contributed by atoms with Gasteiger partial charge in [-0.2, -0.15) is 5.10 Å². The Morgan fingerprint density at radius 1 is 1.33 bits per heavy atom. The number of halogens is 1. The number of hydrogen-bond acceptors (Lipinski definition) is 4. The third-order valence-electron chi connectivity index (χ3n) is 3.10. The molecule has 0 aliphatic rings. The highest BCUT2D eigenvalue weighted by Crippen LogP contribution is 2.23. The van der Waals surface area contributed by atoms with Gasteiger partial charge in [0.2, 0.25) is 0 Å². The van der Waals surface area contributed by atoms with Gasteiger partial charge >= 0.3 is 5.97 Å². The number of aryl methyl sites for hydroxylation is 2. The number of rotatable bonds is 5.